The second kappa shape index (κ2) is 10.5. The molecule has 1 fully saturated rings. The summed E-state index contributed by atoms with van der Waals surface area (Å²) < 4.78 is 19.4. The molecule has 178 valence electrons. The molecule has 0 radical (unpaired) electrons. The second-order valence-electron chi connectivity index (χ2n) is 8.76. The van der Waals surface area contributed by atoms with Crippen molar-refractivity contribution in [2.75, 3.05) is 18.4 Å². The van der Waals surface area contributed by atoms with Crippen LogP contribution in [0.25, 0.3) is 0 Å². The van der Waals surface area contributed by atoms with E-state index in [9.17, 15) is 14.0 Å². The van der Waals surface area contributed by atoms with Crippen LogP contribution in [0.3, 0.4) is 0 Å². The highest BCUT2D eigenvalue weighted by molar-refractivity contribution is 5.90. The van der Waals surface area contributed by atoms with Crippen LogP contribution in [-0.2, 0) is 9.59 Å². The van der Waals surface area contributed by atoms with E-state index in [-0.39, 0.29) is 31.4 Å². The number of anilines is 1. The summed E-state index contributed by atoms with van der Waals surface area (Å²) >= 11 is 0. The van der Waals surface area contributed by atoms with Crippen LogP contribution in [0.5, 0.6) is 0 Å². The number of likely N-dealkylation sites (tertiary alicyclic amines) is 1. The van der Waals surface area contributed by atoms with E-state index >= 15 is 0 Å². The molecule has 0 unspecified atom stereocenters. The summed E-state index contributed by atoms with van der Waals surface area (Å²) in [6.07, 6.45) is 1.54. The molecule has 0 bridgehead atoms. The van der Waals surface area contributed by atoms with E-state index in [4.69, 9.17) is 4.42 Å². The van der Waals surface area contributed by atoms with Crippen molar-refractivity contribution in [2.24, 2.45) is 0 Å². The number of aromatic nitrogens is 1. The highest BCUT2D eigenvalue weighted by atomic mass is 19.1. The summed E-state index contributed by atoms with van der Waals surface area (Å²) in [5, 5.41) is 5.82. The van der Waals surface area contributed by atoms with Gasteiger partial charge < -0.3 is 20.0 Å². The standard InChI is InChI=1S/C26H29FN4O3/c1-17(2)18-8-10-20(11-9-18)24(19-6-4-3-5-7-19)30-25(33)22-14-21(27)16-31(22)23(32)15-29-26-28-12-13-34-26/h3-13,17,21-22,24H,14-16H2,1-2H3,(H,28,29)(H,30,33)/t21-,22+,24+/m1/s1. The number of carbonyl (C=O) groups is 2. The lowest BCUT2D eigenvalue weighted by Crippen LogP contribution is -2.48. The molecule has 7 nitrogen and oxygen atoms in total. The molecule has 3 atom stereocenters. The van der Waals surface area contributed by atoms with Crippen molar-refractivity contribution < 1.29 is 18.4 Å². The maximum absolute atomic E-state index is 14.3. The van der Waals surface area contributed by atoms with E-state index < -0.39 is 24.2 Å². The Bertz CT molecular complexity index is 1090. The third-order valence-corrected chi connectivity index (χ3v) is 6.05. The van der Waals surface area contributed by atoms with Crippen molar-refractivity contribution in [3.05, 3.63) is 83.7 Å². The molecule has 0 saturated carbocycles. The monoisotopic (exact) mass is 464 g/mol. The molecule has 1 saturated heterocycles. The van der Waals surface area contributed by atoms with E-state index in [1.165, 1.54) is 22.9 Å². The van der Waals surface area contributed by atoms with Crippen molar-refractivity contribution in [1.82, 2.24) is 15.2 Å². The minimum Gasteiger partial charge on any atom is -0.432 e. The first-order chi connectivity index (χ1) is 16.4. The molecule has 1 aliphatic heterocycles. The Balaban J connectivity index is 1.52. The van der Waals surface area contributed by atoms with E-state index in [0.29, 0.717) is 5.92 Å². The van der Waals surface area contributed by atoms with Crippen LogP contribution in [0.15, 0.2) is 71.5 Å². The van der Waals surface area contributed by atoms with Crippen molar-refractivity contribution in [2.45, 2.75) is 44.4 Å². The Labute approximate surface area is 198 Å². The minimum absolute atomic E-state index is 0.0373. The SMILES string of the molecule is CC(C)c1ccc([C@@H](NC(=O)[C@@H]2C[C@@H](F)CN2C(=O)CNc2ncco2)c2ccccc2)cc1. The Morgan fingerprint density at radius 2 is 1.76 bits per heavy atom. The molecule has 4 rings (SSSR count). The van der Waals surface area contributed by atoms with Crippen LogP contribution in [0.4, 0.5) is 10.4 Å². The number of oxazole rings is 1. The summed E-state index contributed by atoms with van der Waals surface area (Å²) in [5.41, 5.74) is 3.03. The van der Waals surface area contributed by atoms with Crippen LogP contribution < -0.4 is 10.6 Å². The van der Waals surface area contributed by atoms with Gasteiger partial charge in [0.1, 0.15) is 18.5 Å². The van der Waals surface area contributed by atoms with Crippen LogP contribution in [0.2, 0.25) is 0 Å². The largest absolute Gasteiger partial charge is 0.432 e. The Morgan fingerprint density at radius 1 is 1.09 bits per heavy atom. The quantitative estimate of drug-likeness (QED) is 0.525. The van der Waals surface area contributed by atoms with Crippen LogP contribution in [0, 0.1) is 0 Å². The van der Waals surface area contributed by atoms with E-state index in [2.05, 4.69) is 41.6 Å². The highest BCUT2D eigenvalue weighted by Gasteiger charge is 2.40. The molecule has 8 heteroatoms. The molecule has 1 aromatic heterocycles. The van der Waals surface area contributed by atoms with Crippen molar-refractivity contribution >= 4 is 17.8 Å². The summed E-state index contributed by atoms with van der Waals surface area (Å²) in [7, 11) is 0. The van der Waals surface area contributed by atoms with Gasteiger partial charge in [0.05, 0.1) is 25.3 Å². The number of amides is 2. The van der Waals surface area contributed by atoms with Crippen molar-refractivity contribution in [3.63, 3.8) is 0 Å². The maximum atomic E-state index is 14.3. The maximum Gasteiger partial charge on any atom is 0.294 e. The number of benzene rings is 2. The van der Waals surface area contributed by atoms with Gasteiger partial charge in [-0.15, -0.1) is 0 Å². The molecule has 0 spiro atoms. The van der Waals surface area contributed by atoms with Gasteiger partial charge in [0, 0.05) is 6.42 Å². The fourth-order valence-corrected chi connectivity index (χ4v) is 4.19. The first-order valence-electron chi connectivity index (χ1n) is 11.4. The van der Waals surface area contributed by atoms with Crippen LogP contribution in [0.1, 0.15) is 48.9 Å². The molecule has 34 heavy (non-hydrogen) atoms. The van der Waals surface area contributed by atoms with Gasteiger partial charge in [0.25, 0.3) is 6.01 Å². The number of rotatable bonds is 8. The van der Waals surface area contributed by atoms with Gasteiger partial charge in [0.15, 0.2) is 0 Å². The average Bonchev–Trinajstić information content (AvgIpc) is 3.51. The predicted molar refractivity (Wildman–Crippen MR) is 127 cm³/mol. The zero-order valence-corrected chi connectivity index (χ0v) is 19.3. The fourth-order valence-electron chi connectivity index (χ4n) is 4.19. The van der Waals surface area contributed by atoms with Crippen LogP contribution in [-0.4, -0.2) is 47.0 Å². The van der Waals surface area contributed by atoms with E-state index in [0.717, 1.165) is 11.1 Å². The topological polar surface area (TPSA) is 87.5 Å². The second-order valence-corrected chi connectivity index (χ2v) is 8.76. The smallest absolute Gasteiger partial charge is 0.294 e. The first kappa shape index (κ1) is 23.5. The lowest BCUT2D eigenvalue weighted by molar-refractivity contribution is -0.137. The molecule has 3 aromatic rings. The third-order valence-electron chi connectivity index (χ3n) is 6.05. The van der Waals surface area contributed by atoms with Gasteiger partial charge in [-0.1, -0.05) is 68.4 Å². The molecular weight excluding hydrogens is 435 g/mol. The fraction of sp³-hybridized carbons (Fsp3) is 0.346. The number of alkyl halides is 1. The number of halogens is 1. The van der Waals surface area contributed by atoms with Crippen molar-refractivity contribution in [3.8, 4) is 0 Å². The molecule has 2 amide bonds. The Kier molecular flexibility index (Phi) is 7.25. The number of hydrogen-bond donors (Lipinski definition) is 2. The minimum atomic E-state index is -1.26. The lowest BCUT2D eigenvalue weighted by atomic mass is 9.95. The van der Waals surface area contributed by atoms with Crippen molar-refractivity contribution in [1.29, 1.82) is 0 Å². The first-order valence-corrected chi connectivity index (χ1v) is 11.4. The highest BCUT2D eigenvalue weighted by Crippen LogP contribution is 2.27. The molecule has 0 aliphatic carbocycles. The van der Waals surface area contributed by atoms with Gasteiger partial charge in [-0.05, 0) is 22.6 Å². The summed E-state index contributed by atoms with van der Waals surface area (Å²) in [5.74, 6) is -0.384. The van der Waals surface area contributed by atoms with Gasteiger partial charge in [-0.3, -0.25) is 9.59 Å². The summed E-state index contributed by atoms with van der Waals surface area (Å²) in [4.78, 5) is 31.3. The average molecular weight is 465 g/mol. The molecular formula is C26H29FN4O3. The number of nitrogens with zero attached hydrogens (tertiary/aromatic N) is 2. The third kappa shape index (κ3) is 5.44. The molecule has 2 heterocycles. The number of nitrogens with one attached hydrogen (secondary N) is 2. The zero-order chi connectivity index (χ0) is 24.1. The Hall–Kier alpha value is -3.68. The number of carbonyl (C=O) groups excluding carboxylic acids is 2. The summed E-state index contributed by atoms with van der Waals surface area (Å²) in [6, 6.07) is 16.6. The van der Waals surface area contributed by atoms with E-state index in [1.807, 2.05) is 42.5 Å². The summed E-state index contributed by atoms with van der Waals surface area (Å²) in [6.45, 7) is 3.99. The van der Waals surface area contributed by atoms with Crippen LogP contribution >= 0.6 is 0 Å². The normalized spacial score (nSPS) is 18.6. The molecule has 2 N–H and O–H groups in total. The number of hydrogen-bond acceptors (Lipinski definition) is 5. The molecule has 2 aromatic carbocycles. The van der Waals surface area contributed by atoms with Gasteiger partial charge in [-0.2, -0.15) is 0 Å². The predicted octanol–water partition coefficient (Wildman–Crippen LogP) is 4.05. The zero-order valence-electron chi connectivity index (χ0n) is 19.3. The lowest BCUT2D eigenvalue weighted by Gasteiger charge is -2.27. The van der Waals surface area contributed by atoms with E-state index in [1.54, 1.807) is 0 Å². The molecule has 1 aliphatic rings. The van der Waals surface area contributed by atoms with Gasteiger partial charge in [-0.25, -0.2) is 9.37 Å². The van der Waals surface area contributed by atoms with Gasteiger partial charge >= 0.3 is 0 Å². The Morgan fingerprint density at radius 3 is 2.41 bits per heavy atom. The van der Waals surface area contributed by atoms with Gasteiger partial charge in [0.2, 0.25) is 11.8 Å².